The normalized spacial score (nSPS) is 17.5. The Morgan fingerprint density at radius 1 is 1.45 bits per heavy atom. The van der Waals surface area contributed by atoms with Gasteiger partial charge in [-0.15, -0.1) is 10.2 Å². The van der Waals surface area contributed by atoms with Crippen molar-refractivity contribution in [2.75, 3.05) is 13.7 Å². The lowest BCUT2D eigenvalue weighted by Gasteiger charge is -2.24. The molecule has 1 aliphatic rings. The number of ether oxygens (including phenoxy) is 1. The van der Waals surface area contributed by atoms with Crippen molar-refractivity contribution in [3.63, 3.8) is 0 Å². The molecule has 0 bridgehead atoms. The molecule has 9 heteroatoms. The number of nitrogens with one attached hydrogen (secondary N) is 1. The lowest BCUT2D eigenvalue weighted by molar-refractivity contribution is -0.135. The molecular weight excluding hydrogens is 298 g/mol. The van der Waals surface area contributed by atoms with E-state index < -0.39 is 18.3 Å². The molecule has 1 aliphatic heterocycles. The molecule has 1 amide bonds. The zero-order valence-electron chi connectivity index (χ0n) is 12.0. The van der Waals surface area contributed by atoms with Crippen LogP contribution in [0.4, 0.5) is 8.78 Å². The highest BCUT2D eigenvalue weighted by atomic mass is 19.3. The van der Waals surface area contributed by atoms with Gasteiger partial charge in [-0.1, -0.05) is 0 Å². The van der Waals surface area contributed by atoms with E-state index in [0.29, 0.717) is 25.3 Å². The first kappa shape index (κ1) is 16.1. The number of amides is 1. The van der Waals surface area contributed by atoms with Crippen LogP contribution < -0.4 is 5.32 Å². The molecule has 2 rings (SSSR count). The number of fused-ring (bicyclic) bond motifs is 1. The van der Waals surface area contributed by atoms with E-state index in [0.717, 1.165) is 18.6 Å². The van der Waals surface area contributed by atoms with E-state index in [1.54, 1.807) is 0 Å². The first-order chi connectivity index (χ1) is 10.5. The Bertz CT molecular complexity index is 586. The molecule has 1 atom stereocenters. The minimum atomic E-state index is -2.67. The third-order valence-electron chi connectivity index (χ3n) is 3.41. The van der Waals surface area contributed by atoms with Crippen LogP contribution in [0.1, 0.15) is 24.5 Å². The molecule has 0 saturated heterocycles. The van der Waals surface area contributed by atoms with Crippen LogP contribution >= 0.6 is 0 Å². The zero-order valence-corrected chi connectivity index (χ0v) is 12.0. The summed E-state index contributed by atoms with van der Waals surface area (Å²) in [6, 6.07) is 0. The second-order valence-electron chi connectivity index (χ2n) is 4.89. The highest BCUT2D eigenvalue weighted by Gasteiger charge is 2.26. The topological polar surface area (TPSA) is 86.1 Å². The van der Waals surface area contributed by atoms with Gasteiger partial charge in [-0.05, 0) is 12.3 Å². The molecule has 2 heterocycles. The Kier molecular flexibility index (Phi) is 5.18. The van der Waals surface area contributed by atoms with Gasteiger partial charge in [0.25, 0.3) is 6.43 Å². The molecule has 0 aliphatic carbocycles. The van der Waals surface area contributed by atoms with Crippen molar-refractivity contribution in [3.8, 4) is 0 Å². The van der Waals surface area contributed by atoms with E-state index in [9.17, 15) is 18.4 Å². The highest BCUT2D eigenvalue weighted by Crippen LogP contribution is 2.24. The SMILES string of the molecule is COC(=O)/C=C/C(=O)NCC1CCc2nnc(C(F)F)n2C1. The summed E-state index contributed by atoms with van der Waals surface area (Å²) in [7, 11) is 1.21. The fourth-order valence-electron chi connectivity index (χ4n) is 2.26. The zero-order chi connectivity index (χ0) is 16.1. The maximum Gasteiger partial charge on any atom is 0.330 e. The van der Waals surface area contributed by atoms with Crippen molar-refractivity contribution < 1.29 is 23.1 Å². The molecule has 0 aromatic carbocycles. The standard InChI is InChI=1S/C13H16F2N4O3/c1-22-11(21)5-4-10(20)16-6-8-2-3-9-17-18-13(12(14)15)19(9)7-8/h4-5,8,12H,2-3,6-7H2,1H3,(H,16,20)/b5-4+. The summed E-state index contributed by atoms with van der Waals surface area (Å²) in [4.78, 5) is 22.4. The molecule has 22 heavy (non-hydrogen) atoms. The lowest BCUT2D eigenvalue weighted by Crippen LogP contribution is -2.33. The van der Waals surface area contributed by atoms with E-state index in [-0.39, 0.29) is 11.7 Å². The van der Waals surface area contributed by atoms with E-state index in [1.807, 2.05) is 0 Å². The van der Waals surface area contributed by atoms with E-state index in [2.05, 4.69) is 20.3 Å². The van der Waals surface area contributed by atoms with Gasteiger partial charge in [0, 0.05) is 31.7 Å². The van der Waals surface area contributed by atoms with Crippen molar-refractivity contribution in [1.82, 2.24) is 20.1 Å². The third kappa shape index (κ3) is 3.86. The summed E-state index contributed by atoms with van der Waals surface area (Å²) < 4.78 is 31.4. The number of alkyl halides is 2. The minimum Gasteiger partial charge on any atom is -0.466 e. The molecule has 0 fully saturated rings. The van der Waals surface area contributed by atoms with Crippen LogP contribution in [-0.2, 0) is 27.3 Å². The largest absolute Gasteiger partial charge is 0.466 e. The Labute approximate surface area is 125 Å². The molecule has 7 nitrogen and oxygen atoms in total. The molecule has 0 saturated carbocycles. The molecular formula is C13H16F2N4O3. The molecule has 1 unspecified atom stereocenters. The summed E-state index contributed by atoms with van der Waals surface area (Å²) in [5.41, 5.74) is 0. The van der Waals surface area contributed by atoms with Crippen molar-refractivity contribution in [1.29, 1.82) is 0 Å². The Morgan fingerprint density at radius 2 is 2.23 bits per heavy atom. The lowest BCUT2D eigenvalue weighted by atomic mass is 9.99. The van der Waals surface area contributed by atoms with Gasteiger partial charge in [0.15, 0.2) is 5.82 Å². The van der Waals surface area contributed by atoms with Gasteiger partial charge in [-0.3, -0.25) is 4.79 Å². The molecule has 1 N–H and O–H groups in total. The number of aryl methyl sites for hydroxylation is 1. The number of methoxy groups -OCH3 is 1. The quantitative estimate of drug-likeness (QED) is 0.636. The van der Waals surface area contributed by atoms with Crippen LogP contribution in [-0.4, -0.2) is 40.3 Å². The minimum absolute atomic E-state index is 0.0106. The summed E-state index contributed by atoms with van der Waals surface area (Å²) in [6.07, 6.45) is 0.685. The van der Waals surface area contributed by atoms with Crippen LogP contribution in [0.2, 0.25) is 0 Å². The van der Waals surface area contributed by atoms with Crippen molar-refractivity contribution in [2.24, 2.45) is 5.92 Å². The predicted octanol–water partition coefficient (Wildman–Crippen LogP) is 0.623. The van der Waals surface area contributed by atoms with Crippen LogP contribution in [0, 0.1) is 5.92 Å². The van der Waals surface area contributed by atoms with Gasteiger partial charge < -0.3 is 14.6 Å². The number of nitrogens with zero attached hydrogens (tertiary/aromatic N) is 3. The molecule has 120 valence electrons. The fraction of sp³-hybridized carbons (Fsp3) is 0.538. The van der Waals surface area contributed by atoms with E-state index in [1.165, 1.54) is 11.7 Å². The Balaban J connectivity index is 1.88. The average Bonchev–Trinajstić information content (AvgIpc) is 2.93. The van der Waals surface area contributed by atoms with Crippen molar-refractivity contribution in [3.05, 3.63) is 23.8 Å². The number of hydrogen-bond acceptors (Lipinski definition) is 5. The highest BCUT2D eigenvalue weighted by molar-refractivity contribution is 5.94. The number of hydrogen-bond donors (Lipinski definition) is 1. The Morgan fingerprint density at radius 3 is 2.91 bits per heavy atom. The maximum absolute atomic E-state index is 12.8. The van der Waals surface area contributed by atoms with Crippen LogP contribution in [0.15, 0.2) is 12.2 Å². The number of carbonyl (C=O) groups is 2. The van der Waals surface area contributed by atoms with Gasteiger partial charge in [0.2, 0.25) is 5.91 Å². The fourth-order valence-corrected chi connectivity index (χ4v) is 2.26. The van der Waals surface area contributed by atoms with Crippen LogP contribution in [0.25, 0.3) is 0 Å². The Hall–Kier alpha value is -2.32. The molecule has 0 radical (unpaired) electrons. The molecule has 1 aromatic heterocycles. The molecule has 1 aromatic rings. The summed E-state index contributed by atoms with van der Waals surface area (Å²) in [5.74, 6) is -0.839. The first-order valence-electron chi connectivity index (χ1n) is 6.75. The number of rotatable bonds is 5. The second kappa shape index (κ2) is 7.10. The van der Waals surface area contributed by atoms with Gasteiger partial charge in [0.1, 0.15) is 5.82 Å². The number of esters is 1. The van der Waals surface area contributed by atoms with E-state index in [4.69, 9.17) is 0 Å². The second-order valence-corrected chi connectivity index (χ2v) is 4.89. The summed E-state index contributed by atoms with van der Waals surface area (Å²) in [6.45, 7) is 0.660. The molecule has 0 spiro atoms. The third-order valence-corrected chi connectivity index (χ3v) is 3.41. The first-order valence-corrected chi connectivity index (χ1v) is 6.75. The van der Waals surface area contributed by atoms with Gasteiger partial charge in [-0.25, -0.2) is 13.6 Å². The van der Waals surface area contributed by atoms with Gasteiger partial charge in [0.05, 0.1) is 7.11 Å². The summed E-state index contributed by atoms with van der Waals surface area (Å²) in [5, 5.41) is 9.88. The van der Waals surface area contributed by atoms with E-state index >= 15 is 0 Å². The van der Waals surface area contributed by atoms with Gasteiger partial charge in [-0.2, -0.15) is 0 Å². The monoisotopic (exact) mass is 314 g/mol. The average molecular weight is 314 g/mol. The maximum atomic E-state index is 12.8. The van der Waals surface area contributed by atoms with Crippen LogP contribution in [0.5, 0.6) is 0 Å². The number of aromatic nitrogens is 3. The number of carbonyl (C=O) groups excluding carboxylic acids is 2. The van der Waals surface area contributed by atoms with Crippen molar-refractivity contribution >= 4 is 11.9 Å². The van der Waals surface area contributed by atoms with Gasteiger partial charge >= 0.3 is 5.97 Å². The summed E-state index contributed by atoms with van der Waals surface area (Å²) >= 11 is 0. The van der Waals surface area contributed by atoms with Crippen LogP contribution in [0.3, 0.4) is 0 Å². The van der Waals surface area contributed by atoms with Crippen molar-refractivity contribution in [2.45, 2.75) is 25.8 Å². The number of halogens is 2. The predicted molar refractivity (Wildman–Crippen MR) is 71.0 cm³/mol. The smallest absolute Gasteiger partial charge is 0.330 e.